The van der Waals surface area contributed by atoms with Crippen LogP contribution < -0.4 is 15.3 Å². The van der Waals surface area contributed by atoms with Crippen LogP contribution in [0.2, 0.25) is 0 Å². The van der Waals surface area contributed by atoms with E-state index in [1.165, 1.54) is 24.3 Å². The molecular weight excluding hydrogens is 400 g/mol. The second-order valence-corrected chi connectivity index (χ2v) is 7.87. The average molecular weight is 420 g/mol. The van der Waals surface area contributed by atoms with E-state index < -0.39 is 10.1 Å². The fraction of sp³-hybridized carbons (Fsp3) is 0.278. The molecule has 0 unspecified atom stereocenters. The van der Waals surface area contributed by atoms with Crippen molar-refractivity contribution in [3.05, 3.63) is 64.3 Å². The second kappa shape index (κ2) is 8.55. The minimum atomic E-state index is -3.86. The van der Waals surface area contributed by atoms with Gasteiger partial charge in [-0.05, 0) is 25.1 Å². The van der Waals surface area contributed by atoms with Crippen molar-refractivity contribution < 1.29 is 26.9 Å². The van der Waals surface area contributed by atoms with Crippen molar-refractivity contribution in [3.63, 3.8) is 0 Å². The molecule has 3 rings (SSSR count). The lowest BCUT2D eigenvalue weighted by molar-refractivity contribution is -0.685. The van der Waals surface area contributed by atoms with E-state index >= 15 is 0 Å². The third-order valence-electron chi connectivity index (χ3n) is 4.14. The van der Waals surface area contributed by atoms with Crippen LogP contribution in [-0.4, -0.2) is 33.3 Å². The highest BCUT2D eigenvalue weighted by Gasteiger charge is 2.23. The van der Waals surface area contributed by atoms with Crippen molar-refractivity contribution in [2.75, 3.05) is 25.6 Å². The van der Waals surface area contributed by atoms with Crippen LogP contribution in [0.25, 0.3) is 11.0 Å². The summed E-state index contributed by atoms with van der Waals surface area (Å²) < 4.78 is 34.8. The van der Waals surface area contributed by atoms with E-state index in [4.69, 9.17) is 14.7 Å². The standard InChI is InChI=1S/C18H20N4O6S/c1-13-5-7-14(8-6-13)29(25,26)28-12-11-27-10-9-17-20-22(24)16-4-2-3-15(19)18(16)21(17)23/h2-8H,9-12,19H2,1H3. The quantitative estimate of drug-likeness (QED) is 0.181. The maximum atomic E-state index is 12.4. The maximum Gasteiger partial charge on any atom is 0.379 e. The zero-order valence-corrected chi connectivity index (χ0v) is 16.5. The van der Waals surface area contributed by atoms with Gasteiger partial charge in [0.2, 0.25) is 10.6 Å². The van der Waals surface area contributed by atoms with Gasteiger partial charge in [0.1, 0.15) is 0 Å². The normalized spacial score (nSPS) is 11.8. The van der Waals surface area contributed by atoms with Crippen LogP contribution in [0, 0.1) is 17.3 Å². The van der Waals surface area contributed by atoms with Crippen LogP contribution >= 0.6 is 0 Å². The summed E-state index contributed by atoms with van der Waals surface area (Å²) in [6.45, 7) is 1.69. The number of nitrogens with zero attached hydrogens (tertiary/aromatic N) is 3. The highest BCUT2D eigenvalue weighted by atomic mass is 32.2. The lowest BCUT2D eigenvalue weighted by Crippen LogP contribution is -2.46. The van der Waals surface area contributed by atoms with E-state index in [1.807, 2.05) is 6.92 Å². The molecule has 1 heterocycles. The van der Waals surface area contributed by atoms with Gasteiger partial charge in [0.15, 0.2) is 0 Å². The number of rotatable bonds is 8. The van der Waals surface area contributed by atoms with E-state index in [9.17, 15) is 18.8 Å². The minimum absolute atomic E-state index is 0.0168. The molecule has 0 amide bonds. The van der Waals surface area contributed by atoms with Crippen molar-refractivity contribution in [1.29, 1.82) is 0 Å². The summed E-state index contributed by atoms with van der Waals surface area (Å²) in [5.74, 6) is -0.0569. The molecule has 0 fully saturated rings. The first kappa shape index (κ1) is 20.7. The van der Waals surface area contributed by atoms with Crippen LogP contribution in [-0.2, 0) is 25.5 Å². The van der Waals surface area contributed by atoms with E-state index in [0.29, 0.717) is 9.58 Å². The van der Waals surface area contributed by atoms with Gasteiger partial charge in [-0.15, -0.1) is 0 Å². The number of aromatic nitrogens is 3. The number of ether oxygens (including phenoxy) is 1. The molecule has 29 heavy (non-hydrogen) atoms. The van der Waals surface area contributed by atoms with Gasteiger partial charge in [-0.3, -0.25) is 4.18 Å². The summed E-state index contributed by atoms with van der Waals surface area (Å²) in [4.78, 5) is 0.403. The first-order valence-corrected chi connectivity index (χ1v) is 10.1. The fourth-order valence-electron chi connectivity index (χ4n) is 2.65. The van der Waals surface area contributed by atoms with Crippen molar-refractivity contribution in [1.82, 2.24) is 5.10 Å². The minimum Gasteiger partial charge on any atom is -0.710 e. The molecule has 0 spiro atoms. The lowest BCUT2D eigenvalue weighted by atomic mass is 10.2. The molecule has 0 radical (unpaired) electrons. The summed E-state index contributed by atoms with van der Waals surface area (Å²) in [5.41, 5.74) is 7.00. The molecule has 0 saturated heterocycles. The fourth-order valence-corrected chi connectivity index (χ4v) is 3.54. The topological polar surface area (TPSA) is 145 Å². The lowest BCUT2D eigenvalue weighted by Gasteiger charge is -2.09. The summed E-state index contributed by atoms with van der Waals surface area (Å²) in [5, 5.41) is 28.1. The molecular formula is C18H20N4O6S. The van der Waals surface area contributed by atoms with Crippen LogP contribution in [0.4, 0.5) is 5.69 Å². The molecule has 2 aromatic carbocycles. The Kier molecular flexibility index (Phi) is 6.11. The van der Waals surface area contributed by atoms with Crippen LogP contribution in [0.15, 0.2) is 47.4 Å². The van der Waals surface area contributed by atoms with E-state index in [0.717, 1.165) is 5.56 Å². The number of hydrogen-bond donors (Lipinski definition) is 1. The number of fused-ring (bicyclic) bond motifs is 1. The van der Waals surface area contributed by atoms with Gasteiger partial charge in [0, 0.05) is 6.07 Å². The molecule has 0 atom stereocenters. The molecule has 0 bridgehead atoms. The zero-order chi connectivity index (χ0) is 21.0. The highest BCUT2D eigenvalue weighted by Crippen LogP contribution is 2.14. The molecule has 0 aliphatic rings. The highest BCUT2D eigenvalue weighted by molar-refractivity contribution is 7.86. The monoisotopic (exact) mass is 420 g/mol. The number of para-hydroxylation sites is 1. The summed E-state index contributed by atoms with van der Waals surface area (Å²) in [6, 6.07) is 10.8. The Labute approximate surface area is 167 Å². The maximum absolute atomic E-state index is 12.4. The third kappa shape index (κ3) is 4.70. The summed E-state index contributed by atoms with van der Waals surface area (Å²) in [6.07, 6.45) is 0.0424. The molecule has 1 aromatic heterocycles. The van der Waals surface area contributed by atoms with Gasteiger partial charge < -0.3 is 20.9 Å². The third-order valence-corrected chi connectivity index (χ3v) is 5.47. The number of nitrogens with two attached hydrogens (primary N) is 1. The number of anilines is 1. The van der Waals surface area contributed by atoms with Gasteiger partial charge in [0.05, 0.1) is 41.7 Å². The largest absolute Gasteiger partial charge is 0.710 e. The molecule has 0 aliphatic heterocycles. The number of nitrogen functional groups attached to an aromatic ring is 1. The van der Waals surface area contributed by atoms with Gasteiger partial charge in [-0.25, -0.2) is 4.73 Å². The Morgan fingerprint density at radius 1 is 1.07 bits per heavy atom. The van der Waals surface area contributed by atoms with Crippen molar-refractivity contribution in [3.8, 4) is 0 Å². The van der Waals surface area contributed by atoms with E-state index in [-0.39, 0.29) is 53.7 Å². The van der Waals surface area contributed by atoms with Gasteiger partial charge >= 0.3 is 11.3 Å². The SMILES string of the molecule is Cc1ccc(S(=O)(=O)OCCOCCc2n[n+]([O-])c3cccc(N)c3[n+]2[O-])cc1. The molecule has 10 nitrogen and oxygen atoms in total. The summed E-state index contributed by atoms with van der Waals surface area (Å²) >= 11 is 0. The van der Waals surface area contributed by atoms with Crippen LogP contribution in [0.3, 0.4) is 0 Å². The Balaban J connectivity index is 1.53. The van der Waals surface area contributed by atoms with E-state index in [1.54, 1.807) is 18.2 Å². The van der Waals surface area contributed by atoms with Crippen molar-refractivity contribution in [2.45, 2.75) is 18.2 Å². The Bertz CT molecular complexity index is 1120. The number of benzene rings is 2. The van der Waals surface area contributed by atoms with E-state index in [2.05, 4.69) is 5.10 Å². The Morgan fingerprint density at radius 3 is 2.52 bits per heavy atom. The molecule has 0 saturated carbocycles. The first-order valence-electron chi connectivity index (χ1n) is 8.74. The van der Waals surface area contributed by atoms with Gasteiger partial charge in [-0.1, -0.05) is 23.8 Å². The number of aryl methyl sites for hydroxylation is 1. The predicted octanol–water partition coefficient (Wildman–Crippen LogP) is 0.357. The summed E-state index contributed by atoms with van der Waals surface area (Å²) in [7, 11) is -3.86. The molecule has 154 valence electrons. The Morgan fingerprint density at radius 2 is 1.79 bits per heavy atom. The first-order chi connectivity index (χ1) is 13.8. The molecule has 3 aromatic rings. The number of hydrogen-bond acceptors (Lipinski definition) is 8. The van der Waals surface area contributed by atoms with Gasteiger partial charge in [0.25, 0.3) is 10.1 Å². The van der Waals surface area contributed by atoms with Crippen LogP contribution in [0.1, 0.15) is 11.4 Å². The Hall–Kier alpha value is -3.02. The van der Waals surface area contributed by atoms with Crippen molar-refractivity contribution in [2.24, 2.45) is 0 Å². The average Bonchev–Trinajstić information content (AvgIpc) is 2.68. The molecule has 2 N–H and O–H groups in total. The van der Waals surface area contributed by atoms with Gasteiger partial charge in [-0.2, -0.15) is 8.42 Å². The molecule has 0 aliphatic carbocycles. The van der Waals surface area contributed by atoms with Crippen LogP contribution in [0.5, 0.6) is 0 Å². The second-order valence-electron chi connectivity index (χ2n) is 6.25. The molecule has 11 heteroatoms. The smallest absolute Gasteiger partial charge is 0.379 e. The zero-order valence-electron chi connectivity index (χ0n) is 15.6. The van der Waals surface area contributed by atoms with Crippen molar-refractivity contribution >= 4 is 26.8 Å². The predicted molar refractivity (Wildman–Crippen MR) is 103 cm³/mol.